The average Bonchev–Trinajstić information content (AvgIpc) is 3.61. The minimum absolute atomic E-state index is 0.466. The molecule has 1 heteroatoms. The first-order valence-corrected chi connectivity index (χ1v) is 21.2. The topological polar surface area (TPSA) is 3.24 Å². The largest absolute Gasteiger partial charge is 0.310 e. The highest BCUT2D eigenvalue weighted by Gasteiger charge is 2.46. The average molecular weight is 778 g/mol. The predicted molar refractivity (Wildman–Crippen MR) is 259 cm³/mol. The second-order valence-corrected chi connectivity index (χ2v) is 16.1. The van der Waals surface area contributed by atoms with Gasteiger partial charge in [-0.05, 0) is 126 Å². The molecular formula is C60H43N. The van der Waals surface area contributed by atoms with Crippen LogP contribution in [0.15, 0.2) is 243 Å². The third-order valence-corrected chi connectivity index (χ3v) is 12.8. The summed E-state index contributed by atoms with van der Waals surface area (Å²) in [4.78, 5) is 2.41. The minimum Gasteiger partial charge on any atom is -0.310 e. The van der Waals surface area contributed by atoms with Crippen LogP contribution in [0.25, 0.3) is 60.9 Å². The lowest BCUT2D eigenvalue weighted by Gasteiger charge is -2.35. The van der Waals surface area contributed by atoms with E-state index < -0.39 is 5.41 Å². The van der Waals surface area contributed by atoms with Crippen LogP contribution in [0.3, 0.4) is 0 Å². The molecule has 0 aliphatic heterocycles. The van der Waals surface area contributed by atoms with Gasteiger partial charge in [0.05, 0.1) is 5.41 Å². The van der Waals surface area contributed by atoms with Crippen molar-refractivity contribution in [3.05, 3.63) is 265 Å². The summed E-state index contributed by atoms with van der Waals surface area (Å²) in [6.07, 6.45) is 9.66. The van der Waals surface area contributed by atoms with E-state index in [1.165, 1.54) is 72.0 Å². The number of fused-ring (bicyclic) bond motifs is 11. The summed E-state index contributed by atoms with van der Waals surface area (Å²) in [5.41, 5.74) is 18.6. The standard InChI is InChI=1S/C60H43N/c1-42-17-5-4-16-40-60(56-27-15-14-26-54(56)59-52-24-11-10-22-47(52)32-38-58(59)60)57-39-37-50(41-55(57)53-25-13-12-23-51(42)53)61(48-33-28-45(29-34-48)43-18-6-2-7-19-43)49-35-30-46(31-36-49)44-20-8-3-9-21-44/h2-39,41H,1,40H2/b16-4-,17-5-. The van der Waals surface area contributed by atoms with Crippen LogP contribution in [0, 0.1) is 0 Å². The van der Waals surface area contributed by atoms with Crippen molar-refractivity contribution >= 4 is 33.4 Å². The molecule has 288 valence electrons. The van der Waals surface area contributed by atoms with Crippen LogP contribution in [-0.4, -0.2) is 0 Å². The third-order valence-electron chi connectivity index (χ3n) is 12.8. The molecule has 2 aliphatic carbocycles. The summed E-state index contributed by atoms with van der Waals surface area (Å²) >= 11 is 0. The molecule has 1 nitrogen and oxygen atoms in total. The molecule has 0 amide bonds. The van der Waals surface area contributed by atoms with Gasteiger partial charge in [-0.1, -0.05) is 207 Å². The van der Waals surface area contributed by atoms with Crippen molar-refractivity contribution in [3.8, 4) is 44.5 Å². The van der Waals surface area contributed by atoms with E-state index in [1.807, 2.05) is 0 Å². The van der Waals surface area contributed by atoms with Crippen molar-refractivity contribution in [1.29, 1.82) is 0 Å². The van der Waals surface area contributed by atoms with Crippen LogP contribution in [0.1, 0.15) is 28.7 Å². The van der Waals surface area contributed by atoms with E-state index in [0.29, 0.717) is 0 Å². The SMILES string of the molecule is C=C1/C=C\C=C/CC2(c3ccc(N(c4ccc(-c5ccccc5)cc4)c4ccc(-c5ccccc5)cc4)cc3-c3ccccc31)c1ccccc1-c1c2ccc2ccccc12. The molecule has 0 fully saturated rings. The Bertz CT molecular complexity index is 3070. The van der Waals surface area contributed by atoms with Crippen molar-refractivity contribution in [2.45, 2.75) is 11.8 Å². The number of hydrogen-bond acceptors (Lipinski definition) is 1. The minimum atomic E-state index is -0.466. The predicted octanol–water partition coefficient (Wildman–Crippen LogP) is 16.2. The fraction of sp³-hybridized carbons (Fsp3) is 0.0333. The van der Waals surface area contributed by atoms with E-state index >= 15 is 0 Å². The molecule has 1 atom stereocenters. The summed E-state index contributed by atoms with van der Waals surface area (Å²) in [5, 5.41) is 2.55. The van der Waals surface area contributed by atoms with Gasteiger partial charge in [-0.2, -0.15) is 0 Å². The van der Waals surface area contributed by atoms with Gasteiger partial charge in [-0.25, -0.2) is 0 Å². The van der Waals surface area contributed by atoms with Crippen molar-refractivity contribution < 1.29 is 0 Å². The fourth-order valence-corrected chi connectivity index (χ4v) is 9.92. The molecule has 9 aromatic rings. The van der Waals surface area contributed by atoms with Crippen LogP contribution >= 0.6 is 0 Å². The smallest absolute Gasteiger partial charge is 0.0504 e. The van der Waals surface area contributed by atoms with Crippen LogP contribution in [0.4, 0.5) is 17.1 Å². The summed E-state index contributed by atoms with van der Waals surface area (Å²) in [5.74, 6) is 0. The first-order valence-electron chi connectivity index (χ1n) is 21.2. The zero-order chi connectivity index (χ0) is 40.8. The normalized spacial score (nSPS) is 16.2. The highest BCUT2D eigenvalue weighted by molar-refractivity contribution is 6.04. The Morgan fingerprint density at radius 1 is 0.393 bits per heavy atom. The van der Waals surface area contributed by atoms with Crippen molar-refractivity contribution in [2.75, 3.05) is 4.90 Å². The molecule has 9 aromatic carbocycles. The molecule has 0 aromatic heterocycles. The number of allylic oxidation sites excluding steroid dienone is 5. The Hall–Kier alpha value is -7.74. The number of rotatable bonds is 5. The van der Waals surface area contributed by atoms with Gasteiger partial charge in [0.15, 0.2) is 0 Å². The van der Waals surface area contributed by atoms with Gasteiger partial charge in [-0.3, -0.25) is 0 Å². The van der Waals surface area contributed by atoms with E-state index in [0.717, 1.165) is 34.6 Å². The van der Waals surface area contributed by atoms with Gasteiger partial charge in [-0.15, -0.1) is 0 Å². The van der Waals surface area contributed by atoms with Crippen molar-refractivity contribution in [2.24, 2.45) is 0 Å². The van der Waals surface area contributed by atoms with Crippen LogP contribution < -0.4 is 4.90 Å². The molecule has 0 heterocycles. The van der Waals surface area contributed by atoms with Gasteiger partial charge in [0, 0.05) is 17.1 Å². The lowest BCUT2D eigenvalue weighted by Crippen LogP contribution is -2.27. The summed E-state index contributed by atoms with van der Waals surface area (Å²) in [7, 11) is 0. The van der Waals surface area contributed by atoms with Gasteiger partial charge >= 0.3 is 0 Å². The Morgan fingerprint density at radius 3 is 1.61 bits per heavy atom. The lowest BCUT2D eigenvalue weighted by atomic mass is 9.67. The molecular weight excluding hydrogens is 735 g/mol. The molecule has 0 bridgehead atoms. The van der Waals surface area contributed by atoms with E-state index in [9.17, 15) is 0 Å². The fourth-order valence-electron chi connectivity index (χ4n) is 9.92. The van der Waals surface area contributed by atoms with Crippen LogP contribution in [0.2, 0.25) is 0 Å². The lowest BCUT2D eigenvalue weighted by molar-refractivity contribution is 0.647. The van der Waals surface area contributed by atoms with Crippen LogP contribution in [-0.2, 0) is 5.41 Å². The number of nitrogens with zero attached hydrogens (tertiary/aromatic N) is 1. The van der Waals surface area contributed by atoms with Gasteiger partial charge in [0.2, 0.25) is 0 Å². The Morgan fingerprint density at radius 2 is 0.918 bits per heavy atom. The van der Waals surface area contributed by atoms with E-state index in [1.54, 1.807) is 0 Å². The molecule has 2 aliphatic rings. The highest BCUT2D eigenvalue weighted by atomic mass is 15.1. The highest BCUT2D eigenvalue weighted by Crippen LogP contribution is 2.59. The molecule has 0 N–H and O–H groups in total. The second kappa shape index (κ2) is 15.1. The quantitative estimate of drug-likeness (QED) is 0.168. The van der Waals surface area contributed by atoms with Crippen molar-refractivity contribution in [3.63, 3.8) is 0 Å². The van der Waals surface area contributed by atoms with Gasteiger partial charge < -0.3 is 4.90 Å². The third kappa shape index (κ3) is 6.17. The number of hydrogen-bond donors (Lipinski definition) is 0. The number of anilines is 3. The molecule has 11 rings (SSSR count). The maximum Gasteiger partial charge on any atom is 0.0504 e. The maximum atomic E-state index is 4.62. The first kappa shape index (κ1) is 36.3. The summed E-state index contributed by atoms with van der Waals surface area (Å²) in [6, 6.07) is 77.9. The molecule has 0 saturated carbocycles. The maximum absolute atomic E-state index is 4.62. The van der Waals surface area contributed by atoms with Gasteiger partial charge in [0.25, 0.3) is 0 Å². The zero-order valence-electron chi connectivity index (χ0n) is 33.9. The molecule has 0 saturated heterocycles. The Labute approximate surface area is 358 Å². The molecule has 1 unspecified atom stereocenters. The number of benzene rings is 9. The first-order chi connectivity index (χ1) is 30.2. The Balaban J connectivity index is 1.18. The molecule has 0 radical (unpaired) electrons. The molecule has 1 spiro atoms. The zero-order valence-corrected chi connectivity index (χ0v) is 33.9. The second-order valence-electron chi connectivity index (χ2n) is 16.1. The van der Waals surface area contributed by atoms with E-state index in [-0.39, 0.29) is 0 Å². The van der Waals surface area contributed by atoms with Gasteiger partial charge in [0.1, 0.15) is 0 Å². The van der Waals surface area contributed by atoms with E-state index in [4.69, 9.17) is 0 Å². The van der Waals surface area contributed by atoms with Crippen LogP contribution in [0.5, 0.6) is 0 Å². The van der Waals surface area contributed by atoms with E-state index in [2.05, 4.69) is 248 Å². The monoisotopic (exact) mass is 777 g/mol. The summed E-state index contributed by atoms with van der Waals surface area (Å²) in [6.45, 7) is 4.62. The van der Waals surface area contributed by atoms with Crippen molar-refractivity contribution in [1.82, 2.24) is 0 Å². The molecule has 61 heavy (non-hydrogen) atoms. The Kier molecular flexibility index (Phi) is 9.02. The summed E-state index contributed by atoms with van der Waals surface area (Å²) < 4.78 is 0.